The number of halogens is 3. The summed E-state index contributed by atoms with van der Waals surface area (Å²) in [6, 6.07) is 11.4. The van der Waals surface area contributed by atoms with E-state index in [4.69, 9.17) is 34.8 Å². The molecule has 0 unspecified atom stereocenters. The van der Waals surface area contributed by atoms with Crippen LogP contribution in [0.3, 0.4) is 0 Å². The molecule has 1 heterocycles. The minimum Gasteiger partial charge on any atom is -0.308 e. The number of nitrogens with one attached hydrogen (secondary N) is 2. The van der Waals surface area contributed by atoms with Crippen molar-refractivity contribution in [2.24, 2.45) is 0 Å². The number of benzene rings is 2. The molecule has 0 aliphatic carbocycles. The van der Waals surface area contributed by atoms with Gasteiger partial charge in [0, 0.05) is 21.3 Å². The smallest absolute Gasteiger partial charge is 0.308 e. The summed E-state index contributed by atoms with van der Waals surface area (Å²) < 4.78 is 0. The normalized spacial score (nSPS) is 10.5. The number of nitrogens with zero attached hydrogens (tertiary/aromatic N) is 2. The lowest BCUT2D eigenvalue weighted by atomic mass is 10.2. The van der Waals surface area contributed by atoms with Crippen LogP contribution in [0.4, 0.5) is 15.6 Å². The number of carbonyl (C=O) groups is 1. The first kappa shape index (κ1) is 17.0. The van der Waals surface area contributed by atoms with Gasteiger partial charge in [-0.15, -0.1) is 10.2 Å². The first-order chi connectivity index (χ1) is 11.5. The predicted molar refractivity (Wildman–Crippen MR) is 99.5 cm³/mol. The average molecular weight is 400 g/mol. The Hall–Kier alpha value is -1.86. The van der Waals surface area contributed by atoms with Crippen LogP contribution in [-0.2, 0) is 0 Å². The lowest BCUT2D eigenvalue weighted by Gasteiger charge is -2.04. The van der Waals surface area contributed by atoms with Crippen molar-refractivity contribution < 1.29 is 4.79 Å². The summed E-state index contributed by atoms with van der Waals surface area (Å²) in [7, 11) is 0. The molecule has 9 heteroatoms. The third-order valence-corrected chi connectivity index (χ3v) is 4.58. The molecule has 0 atom stereocenters. The van der Waals surface area contributed by atoms with E-state index in [1.165, 1.54) is 11.3 Å². The standard InChI is InChI=1S/C15H9Cl3N4OS/c16-8-1-4-10(5-2-8)19-14(23)20-15-22-21-13(24-15)11-6-3-9(17)7-12(11)18/h1-7H,(H2,19,20,22,23). The molecule has 2 aromatic carbocycles. The van der Waals surface area contributed by atoms with Crippen LogP contribution in [0.2, 0.25) is 15.1 Å². The Morgan fingerprint density at radius 2 is 1.62 bits per heavy atom. The lowest BCUT2D eigenvalue weighted by molar-refractivity contribution is 0.262. The highest BCUT2D eigenvalue weighted by molar-refractivity contribution is 7.18. The molecule has 3 rings (SSSR count). The van der Waals surface area contributed by atoms with E-state index >= 15 is 0 Å². The van der Waals surface area contributed by atoms with E-state index in [0.29, 0.717) is 36.5 Å². The van der Waals surface area contributed by atoms with Crippen LogP contribution in [-0.4, -0.2) is 16.2 Å². The zero-order chi connectivity index (χ0) is 17.1. The second-order valence-corrected chi connectivity index (χ2v) is 6.88. The highest BCUT2D eigenvalue weighted by Gasteiger charge is 2.12. The van der Waals surface area contributed by atoms with Gasteiger partial charge in [0.05, 0.1) is 5.02 Å². The van der Waals surface area contributed by atoms with Crippen molar-refractivity contribution in [2.45, 2.75) is 0 Å². The molecule has 2 N–H and O–H groups in total. The molecule has 5 nitrogen and oxygen atoms in total. The number of carbonyl (C=O) groups excluding carboxylic acids is 1. The van der Waals surface area contributed by atoms with Crippen LogP contribution in [0.1, 0.15) is 0 Å². The molecule has 0 saturated carbocycles. The number of rotatable bonds is 3. The number of hydrogen-bond donors (Lipinski definition) is 2. The second kappa shape index (κ2) is 7.36. The predicted octanol–water partition coefficient (Wildman–Crippen LogP) is 5.81. The van der Waals surface area contributed by atoms with Crippen molar-refractivity contribution in [1.82, 2.24) is 10.2 Å². The summed E-state index contributed by atoms with van der Waals surface area (Å²) in [5.41, 5.74) is 1.31. The third-order valence-electron chi connectivity index (χ3n) is 2.91. The van der Waals surface area contributed by atoms with Gasteiger partial charge >= 0.3 is 6.03 Å². The van der Waals surface area contributed by atoms with E-state index in [1.54, 1.807) is 42.5 Å². The Bertz CT molecular complexity index is 883. The highest BCUT2D eigenvalue weighted by Crippen LogP contribution is 2.33. The van der Waals surface area contributed by atoms with E-state index in [9.17, 15) is 4.79 Å². The summed E-state index contributed by atoms with van der Waals surface area (Å²) >= 11 is 19.0. The van der Waals surface area contributed by atoms with Crippen LogP contribution < -0.4 is 10.6 Å². The fourth-order valence-electron chi connectivity index (χ4n) is 1.84. The van der Waals surface area contributed by atoms with Crippen molar-refractivity contribution in [3.63, 3.8) is 0 Å². The molecular formula is C15H9Cl3N4OS. The molecule has 0 aliphatic heterocycles. The largest absolute Gasteiger partial charge is 0.325 e. The fraction of sp³-hybridized carbons (Fsp3) is 0. The summed E-state index contributed by atoms with van der Waals surface area (Å²) in [6.45, 7) is 0. The van der Waals surface area contributed by atoms with Crippen molar-refractivity contribution in [1.29, 1.82) is 0 Å². The number of anilines is 2. The Morgan fingerprint density at radius 3 is 2.33 bits per heavy atom. The van der Waals surface area contributed by atoms with Crippen molar-refractivity contribution in [2.75, 3.05) is 10.6 Å². The van der Waals surface area contributed by atoms with E-state index in [2.05, 4.69) is 20.8 Å². The minimum atomic E-state index is -0.428. The number of amides is 2. The number of urea groups is 1. The molecule has 0 fully saturated rings. The van der Waals surface area contributed by atoms with E-state index in [0.717, 1.165) is 0 Å². The first-order valence-corrected chi connectivity index (χ1v) is 8.59. The number of hydrogen-bond acceptors (Lipinski definition) is 4. The van der Waals surface area contributed by atoms with Gasteiger partial charge in [-0.25, -0.2) is 4.79 Å². The van der Waals surface area contributed by atoms with Crippen LogP contribution in [0.15, 0.2) is 42.5 Å². The monoisotopic (exact) mass is 398 g/mol. The fourth-order valence-corrected chi connectivity index (χ4v) is 3.30. The van der Waals surface area contributed by atoms with Crippen LogP contribution >= 0.6 is 46.1 Å². The van der Waals surface area contributed by atoms with Gasteiger partial charge in [0.2, 0.25) is 5.13 Å². The van der Waals surface area contributed by atoms with E-state index < -0.39 is 6.03 Å². The van der Waals surface area contributed by atoms with Gasteiger partial charge in [0.25, 0.3) is 0 Å². The van der Waals surface area contributed by atoms with Gasteiger partial charge in [0.15, 0.2) is 5.01 Å². The third kappa shape index (κ3) is 4.15. The Morgan fingerprint density at radius 1 is 0.917 bits per heavy atom. The van der Waals surface area contributed by atoms with Crippen LogP contribution in [0, 0.1) is 0 Å². The summed E-state index contributed by atoms with van der Waals surface area (Å²) in [5.74, 6) is 0. The lowest BCUT2D eigenvalue weighted by Crippen LogP contribution is -2.19. The first-order valence-electron chi connectivity index (χ1n) is 6.64. The summed E-state index contributed by atoms with van der Waals surface area (Å²) in [5, 5.41) is 15.8. The molecule has 24 heavy (non-hydrogen) atoms. The van der Waals surface area contributed by atoms with E-state index in [-0.39, 0.29) is 0 Å². The molecule has 0 spiro atoms. The molecule has 3 aromatic rings. The van der Waals surface area contributed by atoms with Gasteiger partial charge in [-0.3, -0.25) is 5.32 Å². The zero-order valence-electron chi connectivity index (χ0n) is 11.9. The second-order valence-electron chi connectivity index (χ2n) is 4.62. The zero-order valence-corrected chi connectivity index (χ0v) is 15.0. The molecule has 122 valence electrons. The number of aromatic nitrogens is 2. The minimum absolute atomic E-state index is 0.350. The Kier molecular flexibility index (Phi) is 5.20. The van der Waals surface area contributed by atoms with Crippen molar-refractivity contribution in [3.8, 4) is 10.6 Å². The maximum absolute atomic E-state index is 12.0. The maximum atomic E-state index is 12.0. The van der Waals surface area contributed by atoms with E-state index in [1.807, 2.05) is 0 Å². The summed E-state index contributed by atoms with van der Waals surface area (Å²) in [4.78, 5) is 12.0. The Labute approximate surface area is 156 Å². The Balaban J connectivity index is 1.69. The average Bonchev–Trinajstić information content (AvgIpc) is 2.97. The molecule has 0 saturated heterocycles. The molecule has 1 aromatic heterocycles. The molecule has 0 radical (unpaired) electrons. The SMILES string of the molecule is O=C(Nc1ccc(Cl)cc1)Nc1nnc(-c2ccc(Cl)cc2Cl)s1. The van der Waals surface area contributed by atoms with Crippen molar-refractivity contribution in [3.05, 3.63) is 57.5 Å². The van der Waals surface area contributed by atoms with Crippen LogP contribution in [0.25, 0.3) is 10.6 Å². The molecule has 0 aliphatic rings. The van der Waals surface area contributed by atoms with Gasteiger partial charge in [-0.05, 0) is 42.5 Å². The molecule has 0 bridgehead atoms. The molecule has 2 amide bonds. The highest BCUT2D eigenvalue weighted by atomic mass is 35.5. The molecular weight excluding hydrogens is 391 g/mol. The van der Waals surface area contributed by atoms with Gasteiger partial charge in [0.1, 0.15) is 0 Å². The van der Waals surface area contributed by atoms with Gasteiger partial charge in [-0.1, -0.05) is 46.1 Å². The maximum Gasteiger partial charge on any atom is 0.325 e. The summed E-state index contributed by atoms with van der Waals surface area (Å²) in [6.07, 6.45) is 0. The van der Waals surface area contributed by atoms with Gasteiger partial charge in [-0.2, -0.15) is 0 Å². The van der Waals surface area contributed by atoms with Crippen molar-refractivity contribution >= 4 is 63.0 Å². The quantitative estimate of drug-likeness (QED) is 0.584. The van der Waals surface area contributed by atoms with Crippen LogP contribution in [0.5, 0.6) is 0 Å². The topological polar surface area (TPSA) is 66.9 Å². The van der Waals surface area contributed by atoms with Gasteiger partial charge < -0.3 is 5.32 Å².